The Morgan fingerprint density at radius 2 is 1.85 bits per heavy atom. The van der Waals surface area contributed by atoms with Gasteiger partial charge in [-0.15, -0.1) is 24.0 Å². The van der Waals surface area contributed by atoms with Crippen molar-refractivity contribution in [2.45, 2.75) is 12.8 Å². The molecule has 0 fully saturated rings. The SMILES string of the molecule is CN=C(NCCNC(=O)Cc1cccc(F)c1)NCCc1ccccn1.I. The highest BCUT2D eigenvalue weighted by molar-refractivity contribution is 14.0. The Morgan fingerprint density at radius 3 is 2.56 bits per heavy atom. The Labute approximate surface area is 176 Å². The number of guanidine groups is 1. The summed E-state index contributed by atoms with van der Waals surface area (Å²) in [5.41, 5.74) is 1.67. The summed E-state index contributed by atoms with van der Waals surface area (Å²) in [5, 5.41) is 9.12. The third-order valence-electron chi connectivity index (χ3n) is 3.62. The van der Waals surface area contributed by atoms with Gasteiger partial charge in [0.25, 0.3) is 0 Å². The summed E-state index contributed by atoms with van der Waals surface area (Å²) in [4.78, 5) is 20.3. The number of nitrogens with one attached hydrogen (secondary N) is 3. The third kappa shape index (κ3) is 9.32. The van der Waals surface area contributed by atoms with Crippen molar-refractivity contribution in [3.8, 4) is 0 Å². The summed E-state index contributed by atoms with van der Waals surface area (Å²) >= 11 is 0. The molecule has 0 aliphatic heterocycles. The van der Waals surface area contributed by atoms with Crippen LogP contribution in [0.2, 0.25) is 0 Å². The number of amides is 1. The molecule has 0 bridgehead atoms. The van der Waals surface area contributed by atoms with Crippen molar-refractivity contribution in [3.63, 3.8) is 0 Å². The van der Waals surface area contributed by atoms with E-state index in [9.17, 15) is 9.18 Å². The molecule has 0 aliphatic carbocycles. The zero-order chi connectivity index (χ0) is 18.6. The minimum Gasteiger partial charge on any atom is -0.356 e. The zero-order valence-corrected chi connectivity index (χ0v) is 17.6. The molecule has 2 aromatic rings. The highest BCUT2D eigenvalue weighted by Gasteiger charge is 2.04. The molecule has 0 unspecified atom stereocenters. The molecule has 27 heavy (non-hydrogen) atoms. The second kappa shape index (κ2) is 13.0. The van der Waals surface area contributed by atoms with E-state index in [2.05, 4.69) is 25.9 Å². The van der Waals surface area contributed by atoms with E-state index in [4.69, 9.17) is 0 Å². The van der Waals surface area contributed by atoms with Gasteiger partial charge in [0.05, 0.1) is 6.42 Å². The van der Waals surface area contributed by atoms with Gasteiger partial charge in [0, 0.05) is 45.0 Å². The average molecular weight is 485 g/mol. The van der Waals surface area contributed by atoms with Gasteiger partial charge >= 0.3 is 0 Å². The molecule has 1 heterocycles. The fourth-order valence-electron chi connectivity index (χ4n) is 2.35. The van der Waals surface area contributed by atoms with Crippen molar-refractivity contribution in [2.75, 3.05) is 26.7 Å². The minimum absolute atomic E-state index is 0. The fraction of sp³-hybridized carbons (Fsp3) is 0.316. The number of pyridine rings is 1. The Balaban J connectivity index is 0.00000364. The summed E-state index contributed by atoms with van der Waals surface area (Å²) in [6, 6.07) is 11.9. The number of benzene rings is 1. The maximum atomic E-state index is 13.1. The lowest BCUT2D eigenvalue weighted by Crippen LogP contribution is -2.42. The second-order valence-corrected chi connectivity index (χ2v) is 5.65. The van der Waals surface area contributed by atoms with Crippen LogP contribution in [0.15, 0.2) is 53.7 Å². The minimum atomic E-state index is -0.336. The number of halogens is 2. The first-order chi connectivity index (χ1) is 12.7. The van der Waals surface area contributed by atoms with Crippen LogP contribution in [0.5, 0.6) is 0 Å². The summed E-state index contributed by atoms with van der Waals surface area (Å²) in [5.74, 6) is 0.188. The van der Waals surface area contributed by atoms with Gasteiger partial charge in [-0.1, -0.05) is 18.2 Å². The molecular weight excluding hydrogens is 460 g/mol. The molecule has 0 saturated carbocycles. The van der Waals surface area contributed by atoms with Crippen LogP contribution in [0, 0.1) is 5.82 Å². The van der Waals surface area contributed by atoms with Crippen molar-refractivity contribution in [2.24, 2.45) is 4.99 Å². The number of carbonyl (C=O) groups excluding carboxylic acids is 1. The molecule has 8 heteroatoms. The Hall–Kier alpha value is -2.23. The number of hydrogen-bond donors (Lipinski definition) is 3. The van der Waals surface area contributed by atoms with E-state index in [0.29, 0.717) is 31.2 Å². The largest absolute Gasteiger partial charge is 0.356 e. The van der Waals surface area contributed by atoms with Crippen LogP contribution in [-0.2, 0) is 17.6 Å². The summed E-state index contributed by atoms with van der Waals surface area (Å²) in [6.07, 6.45) is 2.73. The molecule has 0 spiro atoms. The van der Waals surface area contributed by atoms with E-state index in [0.717, 1.165) is 12.1 Å². The number of hydrogen-bond acceptors (Lipinski definition) is 3. The smallest absolute Gasteiger partial charge is 0.224 e. The van der Waals surface area contributed by atoms with Gasteiger partial charge in [0.15, 0.2) is 5.96 Å². The maximum Gasteiger partial charge on any atom is 0.224 e. The van der Waals surface area contributed by atoms with Gasteiger partial charge in [0.2, 0.25) is 5.91 Å². The number of aliphatic imine (C=N–C) groups is 1. The van der Waals surface area contributed by atoms with Crippen LogP contribution in [0.25, 0.3) is 0 Å². The first-order valence-corrected chi connectivity index (χ1v) is 8.53. The molecule has 1 aromatic heterocycles. The van der Waals surface area contributed by atoms with Crippen LogP contribution in [-0.4, -0.2) is 43.5 Å². The molecule has 0 aliphatic rings. The molecule has 2 rings (SSSR count). The number of carbonyl (C=O) groups is 1. The molecule has 1 amide bonds. The standard InChI is InChI=1S/C19H24FN5O.HI/c1-21-19(24-10-8-17-7-2-3-9-22-17)25-12-11-23-18(26)14-15-5-4-6-16(20)13-15;/h2-7,9,13H,8,10-12,14H2,1H3,(H,23,26)(H2,21,24,25);1H. The Kier molecular flexibility index (Phi) is 11.0. The molecule has 3 N–H and O–H groups in total. The first-order valence-electron chi connectivity index (χ1n) is 8.53. The molecule has 0 atom stereocenters. The van der Waals surface area contributed by atoms with E-state index in [-0.39, 0.29) is 42.1 Å². The van der Waals surface area contributed by atoms with E-state index in [1.54, 1.807) is 25.4 Å². The van der Waals surface area contributed by atoms with Gasteiger partial charge in [0.1, 0.15) is 5.82 Å². The number of nitrogens with zero attached hydrogens (tertiary/aromatic N) is 2. The monoisotopic (exact) mass is 485 g/mol. The van der Waals surface area contributed by atoms with E-state index < -0.39 is 0 Å². The Morgan fingerprint density at radius 1 is 1.07 bits per heavy atom. The van der Waals surface area contributed by atoms with Crippen LogP contribution in [0.1, 0.15) is 11.3 Å². The van der Waals surface area contributed by atoms with Gasteiger partial charge in [-0.3, -0.25) is 14.8 Å². The molecule has 0 saturated heterocycles. The normalized spacial score (nSPS) is 10.7. The van der Waals surface area contributed by atoms with Crippen LogP contribution in [0.4, 0.5) is 4.39 Å². The van der Waals surface area contributed by atoms with Crippen molar-refractivity contribution in [1.82, 2.24) is 20.9 Å². The van der Waals surface area contributed by atoms with Crippen LogP contribution in [0.3, 0.4) is 0 Å². The molecule has 6 nitrogen and oxygen atoms in total. The summed E-state index contributed by atoms with van der Waals surface area (Å²) < 4.78 is 13.1. The lowest BCUT2D eigenvalue weighted by Gasteiger charge is -2.12. The second-order valence-electron chi connectivity index (χ2n) is 5.65. The van der Waals surface area contributed by atoms with Gasteiger partial charge in [-0.25, -0.2) is 4.39 Å². The molecular formula is C19H25FIN5O. The summed E-state index contributed by atoms with van der Waals surface area (Å²) in [7, 11) is 1.69. The number of aromatic nitrogens is 1. The van der Waals surface area contributed by atoms with Crippen molar-refractivity contribution in [3.05, 3.63) is 65.7 Å². The number of rotatable bonds is 8. The van der Waals surface area contributed by atoms with E-state index in [1.807, 2.05) is 18.2 Å². The predicted octanol–water partition coefficient (Wildman–Crippen LogP) is 1.91. The van der Waals surface area contributed by atoms with Gasteiger partial charge in [-0.2, -0.15) is 0 Å². The zero-order valence-electron chi connectivity index (χ0n) is 15.2. The van der Waals surface area contributed by atoms with Gasteiger partial charge in [-0.05, 0) is 29.8 Å². The first kappa shape index (κ1) is 22.8. The average Bonchev–Trinajstić information content (AvgIpc) is 2.64. The van der Waals surface area contributed by atoms with Crippen molar-refractivity contribution in [1.29, 1.82) is 0 Å². The predicted molar refractivity (Wildman–Crippen MR) is 116 cm³/mol. The van der Waals surface area contributed by atoms with E-state index >= 15 is 0 Å². The maximum absolute atomic E-state index is 13.1. The lowest BCUT2D eigenvalue weighted by atomic mass is 10.1. The van der Waals surface area contributed by atoms with Crippen LogP contribution < -0.4 is 16.0 Å². The molecule has 146 valence electrons. The fourth-order valence-corrected chi connectivity index (χ4v) is 2.35. The summed E-state index contributed by atoms with van der Waals surface area (Å²) in [6.45, 7) is 1.70. The molecule has 1 aromatic carbocycles. The highest BCUT2D eigenvalue weighted by Crippen LogP contribution is 2.03. The lowest BCUT2D eigenvalue weighted by molar-refractivity contribution is -0.120. The Bertz CT molecular complexity index is 727. The quantitative estimate of drug-likeness (QED) is 0.231. The topological polar surface area (TPSA) is 78.4 Å². The third-order valence-corrected chi connectivity index (χ3v) is 3.62. The van der Waals surface area contributed by atoms with Crippen molar-refractivity contribution < 1.29 is 9.18 Å². The van der Waals surface area contributed by atoms with Crippen LogP contribution >= 0.6 is 24.0 Å². The van der Waals surface area contributed by atoms with Crippen molar-refractivity contribution >= 4 is 35.8 Å². The van der Waals surface area contributed by atoms with E-state index in [1.165, 1.54) is 12.1 Å². The van der Waals surface area contributed by atoms with Gasteiger partial charge < -0.3 is 16.0 Å². The molecule has 0 radical (unpaired) electrons. The highest BCUT2D eigenvalue weighted by atomic mass is 127.